The standard InChI is InChI=1S/C28H36B3N9O5/c1-44-23-17(26-34-21(38-45-26)14-39-9-11-40(12-10-39)27(43)16-7-8-16)3-2-4-18(23)32-19-13-20(33-24(41)15-5-6-15)36-37-22(19)25(42)35-28(29,30)31/h2-4,13,15-16H,5-12,14,29-31H2,1H3,(H,35,42)(H2,32,33,36,41). The van der Waals surface area contributed by atoms with Gasteiger partial charge in [0.1, 0.15) is 23.5 Å². The van der Waals surface area contributed by atoms with Crippen LogP contribution in [-0.4, -0.2) is 110 Å². The van der Waals surface area contributed by atoms with Gasteiger partial charge in [0, 0.05) is 44.1 Å². The van der Waals surface area contributed by atoms with Crippen LogP contribution in [0.25, 0.3) is 11.5 Å². The molecule has 0 bridgehead atoms. The van der Waals surface area contributed by atoms with Gasteiger partial charge in [-0.25, -0.2) is 0 Å². The van der Waals surface area contributed by atoms with Crippen molar-refractivity contribution in [2.45, 2.75) is 37.5 Å². The van der Waals surface area contributed by atoms with Gasteiger partial charge in [-0.15, -0.1) is 10.2 Å². The summed E-state index contributed by atoms with van der Waals surface area (Å²) in [6, 6.07) is 6.98. The molecule has 1 saturated heterocycles. The van der Waals surface area contributed by atoms with Gasteiger partial charge in [-0.2, -0.15) is 4.98 Å². The summed E-state index contributed by atoms with van der Waals surface area (Å²) in [4.78, 5) is 46.8. The number of hydrogen-bond donors (Lipinski definition) is 3. The molecule has 3 amide bonds. The van der Waals surface area contributed by atoms with E-state index in [0.29, 0.717) is 48.1 Å². The van der Waals surface area contributed by atoms with Gasteiger partial charge in [0.25, 0.3) is 11.8 Å². The molecule has 0 unspecified atom stereocenters. The number of carbonyl (C=O) groups excluding carboxylic acids is 3. The van der Waals surface area contributed by atoms with Crippen LogP contribution in [0, 0.1) is 11.8 Å². The van der Waals surface area contributed by atoms with Gasteiger partial charge in [-0.1, -0.05) is 11.2 Å². The monoisotopic (exact) mass is 611 g/mol. The maximum atomic E-state index is 13.2. The van der Waals surface area contributed by atoms with E-state index < -0.39 is 11.1 Å². The number of benzene rings is 1. The highest BCUT2D eigenvalue weighted by molar-refractivity contribution is 6.60. The SMILES string of the molecule is BC(B)(B)NC(=O)c1nnc(NC(=O)C2CC2)cc1Nc1cccc(-c2nc(CN3CCN(C(=O)C4CC4)CC3)no2)c1OC. The summed E-state index contributed by atoms with van der Waals surface area (Å²) >= 11 is 0. The number of amides is 3. The van der Waals surface area contributed by atoms with Gasteiger partial charge in [0.15, 0.2) is 23.1 Å². The lowest BCUT2D eigenvalue weighted by atomic mass is 9.49. The Morgan fingerprint density at radius 2 is 1.76 bits per heavy atom. The smallest absolute Gasteiger partial charge is 0.272 e. The Labute approximate surface area is 263 Å². The van der Waals surface area contributed by atoms with Crippen molar-refractivity contribution < 1.29 is 23.6 Å². The number of piperazine rings is 1. The Bertz CT molecular complexity index is 1600. The molecule has 14 nitrogen and oxygen atoms in total. The Kier molecular flexibility index (Phi) is 8.53. The fourth-order valence-corrected chi connectivity index (χ4v) is 5.20. The second-order valence-electron chi connectivity index (χ2n) is 12.9. The Morgan fingerprint density at radius 1 is 1.02 bits per heavy atom. The molecular weight excluding hydrogens is 575 g/mol. The van der Waals surface area contributed by atoms with Crippen LogP contribution >= 0.6 is 0 Å². The minimum atomic E-state index is -0.510. The third kappa shape index (κ3) is 7.47. The van der Waals surface area contributed by atoms with E-state index in [2.05, 4.69) is 41.2 Å². The van der Waals surface area contributed by atoms with E-state index in [4.69, 9.17) is 9.26 Å². The predicted octanol–water partition coefficient (Wildman–Crippen LogP) is -1.08. The highest BCUT2D eigenvalue weighted by atomic mass is 16.5. The zero-order valence-electron chi connectivity index (χ0n) is 26.1. The maximum absolute atomic E-state index is 13.2. The summed E-state index contributed by atoms with van der Waals surface area (Å²) in [5.41, 5.74) is 1.47. The molecule has 0 spiro atoms. The minimum absolute atomic E-state index is 0.0238. The molecule has 17 heteroatoms. The molecule has 6 rings (SSSR count). The molecule has 0 atom stereocenters. The fraction of sp³-hybridized carbons (Fsp3) is 0.464. The number of anilines is 3. The first kappa shape index (κ1) is 30.6. The van der Waals surface area contributed by atoms with Crippen LogP contribution in [0.2, 0.25) is 0 Å². The van der Waals surface area contributed by atoms with Crippen LogP contribution in [-0.2, 0) is 16.1 Å². The van der Waals surface area contributed by atoms with Gasteiger partial charge < -0.3 is 30.1 Å². The Hall–Kier alpha value is -4.40. The van der Waals surface area contributed by atoms with Crippen molar-refractivity contribution in [3.63, 3.8) is 0 Å². The van der Waals surface area contributed by atoms with Gasteiger partial charge in [-0.05, 0) is 43.1 Å². The van der Waals surface area contributed by atoms with E-state index in [1.165, 1.54) is 7.11 Å². The normalized spacial score (nSPS) is 17.0. The number of para-hydroxylation sites is 1. The topological polar surface area (TPSA) is 168 Å². The molecular formula is C28H36B3N9O5. The average Bonchev–Trinajstić information content (AvgIpc) is 3.94. The molecule has 1 aromatic carbocycles. The zero-order chi connectivity index (χ0) is 31.7. The van der Waals surface area contributed by atoms with Crippen molar-refractivity contribution in [1.82, 2.24) is 35.5 Å². The molecule has 3 N–H and O–H groups in total. The lowest BCUT2D eigenvalue weighted by Gasteiger charge is -2.34. The quantitative estimate of drug-likeness (QED) is 0.226. The lowest BCUT2D eigenvalue weighted by molar-refractivity contribution is -0.134. The van der Waals surface area contributed by atoms with Gasteiger partial charge in [0.05, 0.1) is 30.6 Å². The predicted molar refractivity (Wildman–Crippen MR) is 173 cm³/mol. The minimum Gasteiger partial charge on any atom is -0.494 e. The molecule has 3 heterocycles. The second-order valence-corrected chi connectivity index (χ2v) is 12.9. The van der Waals surface area contributed by atoms with E-state index in [1.54, 1.807) is 18.2 Å². The highest BCUT2D eigenvalue weighted by Crippen LogP contribution is 2.38. The molecule has 2 saturated carbocycles. The molecule has 1 aliphatic heterocycles. The molecule has 0 radical (unpaired) electrons. The zero-order valence-corrected chi connectivity index (χ0v) is 26.1. The van der Waals surface area contributed by atoms with Crippen molar-refractivity contribution in [2.75, 3.05) is 43.9 Å². The van der Waals surface area contributed by atoms with Crippen LogP contribution in [0.5, 0.6) is 5.75 Å². The lowest BCUT2D eigenvalue weighted by Crippen LogP contribution is -2.50. The van der Waals surface area contributed by atoms with Crippen molar-refractivity contribution in [3.05, 3.63) is 35.8 Å². The summed E-state index contributed by atoms with van der Waals surface area (Å²) < 4.78 is 11.4. The third-order valence-corrected chi connectivity index (χ3v) is 7.86. The summed E-state index contributed by atoms with van der Waals surface area (Å²) in [7, 11) is 7.15. The number of nitrogens with zero attached hydrogens (tertiary/aromatic N) is 6. The fourth-order valence-electron chi connectivity index (χ4n) is 5.20. The highest BCUT2D eigenvalue weighted by Gasteiger charge is 2.35. The molecule has 2 aliphatic carbocycles. The van der Waals surface area contributed by atoms with Crippen molar-refractivity contribution in [1.29, 1.82) is 0 Å². The molecule has 3 aliphatic rings. The Morgan fingerprint density at radius 3 is 2.42 bits per heavy atom. The van der Waals surface area contributed by atoms with Crippen LogP contribution in [0.1, 0.15) is 42.0 Å². The number of aromatic nitrogens is 4. The number of nitrogens with one attached hydrogen (secondary N) is 3. The van der Waals surface area contributed by atoms with E-state index in [1.807, 2.05) is 34.5 Å². The number of methoxy groups -OCH3 is 1. The first-order valence-electron chi connectivity index (χ1n) is 15.4. The Balaban J connectivity index is 1.20. The van der Waals surface area contributed by atoms with Gasteiger partial charge in [-0.3, -0.25) is 19.3 Å². The first-order valence-corrected chi connectivity index (χ1v) is 15.4. The number of rotatable bonds is 11. The van der Waals surface area contributed by atoms with Gasteiger partial charge in [0.2, 0.25) is 11.8 Å². The largest absolute Gasteiger partial charge is 0.494 e. The van der Waals surface area contributed by atoms with Crippen molar-refractivity contribution in [3.8, 4) is 17.2 Å². The summed E-state index contributed by atoms with van der Waals surface area (Å²) in [5.74, 6) is 1.40. The summed E-state index contributed by atoms with van der Waals surface area (Å²) in [6.07, 6.45) is 3.71. The molecule has 3 aromatic rings. The maximum Gasteiger partial charge on any atom is 0.272 e. The molecule has 232 valence electrons. The molecule has 2 aromatic heterocycles. The average molecular weight is 611 g/mol. The van der Waals surface area contributed by atoms with E-state index in [9.17, 15) is 14.4 Å². The van der Waals surface area contributed by atoms with Crippen LogP contribution in [0.15, 0.2) is 28.8 Å². The van der Waals surface area contributed by atoms with Crippen molar-refractivity contribution in [2.24, 2.45) is 11.8 Å². The molecule has 3 fully saturated rings. The third-order valence-electron chi connectivity index (χ3n) is 7.86. The van der Waals surface area contributed by atoms with E-state index in [-0.39, 0.29) is 41.1 Å². The first-order chi connectivity index (χ1) is 21.6. The van der Waals surface area contributed by atoms with Crippen molar-refractivity contribution >= 4 is 58.5 Å². The number of hydrogen-bond acceptors (Lipinski definition) is 11. The number of ether oxygens (including phenoxy) is 1. The van der Waals surface area contributed by atoms with Crippen LogP contribution in [0.3, 0.4) is 0 Å². The summed E-state index contributed by atoms with van der Waals surface area (Å²) in [6.45, 7) is 3.40. The van der Waals surface area contributed by atoms with Crippen LogP contribution in [0.4, 0.5) is 17.2 Å². The molecule has 45 heavy (non-hydrogen) atoms. The second kappa shape index (κ2) is 12.5. The summed E-state index contributed by atoms with van der Waals surface area (Å²) in [5, 5.41) is 20.9. The number of carbonyl (C=O) groups is 3. The van der Waals surface area contributed by atoms with E-state index >= 15 is 0 Å². The van der Waals surface area contributed by atoms with Gasteiger partial charge >= 0.3 is 0 Å². The van der Waals surface area contributed by atoms with Crippen LogP contribution < -0.4 is 20.7 Å². The van der Waals surface area contributed by atoms with E-state index in [0.717, 1.165) is 38.8 Å².